The molecule has 0 unspecified atom stereocenters. The number of carbonyl (C=O) groups is 1. The average molecular weight is 434 g/mol. The van der Waals surface area contributed by atoms with Crippen LogP contribution in [-0.2, 0) is 15.7 Å². The van der Waals surface area contributed by atoms with Gasteiger partial charge in [0.05, 0.1) is 36.7 Å². The Hall–Kier alpha value is -2.52. The van der Waals surface area contributed by atoms with Crippen molar-refractivity contribution in [3.8, 4) is 11.3 Å². The first-order chi connectivity index (χ1) is 14.9. The Bertz CT molecular complexity index is 916. The van der Waals surface area contributed by atoms with Crippen molar-refractivity contribution in [2.75, 3.05) is 45.9 Å². The quantitative estimate of drug-likeness (QED) is 0.740. The number of piperidine rings is 1. The summed E-state index contributed by atoms with van der Waals surface area (Å²) in [4.78, 5) is 25.6. The lowest BCUT2D eigenvalue weighted by molar-refractivity contribution is -0.137. The number of alkyl halides is 3. The monoisotopic (exact) mass is 434 g/mol. The van der Waals surface area contributed by atoms with Crippen molar-refractivity contribution in [3.63, 3.8) is 0 Å². The lowest BCUT2D eigenvalue weighted by atomic mass is 9.91. The summed E-state index contributed by atoms with van der Waals surface area (Å²) in [7, 11) is 0. The number of morpholine rings is 1. The summed E-state index contributed by atoms with van der Waals surface area (Å²) in [6.07, 6.45) is 0.250. The van der Waals surface area contributed by atoms with Crippen LogP contribution >= 0.6 is 0 Å². The van der Waals surface area contributed by atoms with Crippen molar-refractivity contribution in [2.24, 2.45) is 0 Å². The summed E-state index contributed by atoms with van der Waals surface area (Å²) in [6.45, 7) is 4.29. The van der Waals surface area contributed by atoms with E-state index in [0.29, 0.717) is 49.8 Å². The second-order valence-corrected chi connectivity index (χ2v) is 7.94. The summed E-state index contributed by atoms with van der Waals surface area (Å²) in [5, 5.41) is 0. The van der Waals surface area contributed by atoms with Crippen LogP contribution in [0.1, 0.15) is 30.0 Å². The largest absolute Gasteiger partial charge is 0.416 e. The number of hydrogen-bond acceptors (Lipinski definition) is 5. The maximum atomic E-state index is 13.2. The van der Waals surface area contributed by atoms with Crippen molar-refractivity contribution < 1.29 is 22.7 Å². The van der Waals surface area contributed by atoms with Gasteiger partial charge in [-0.1, -0.05) is 12.1 Å². The summed E-state index contributed by atoms with van der Waals surface area (Å²) < 4.78 is 44.9. The number of hydrogen-bond donors (Lipinski definition) is 0. The highest BCUT2D eigenvalue weighted by atomic mass is 19.4. The molecule has 0 N–H and O–H groups in total. The lowest BCUT2D eigenvalue weighted by Crippen LogP contribution is -2.47. The van der Waals surface area contributed by atoms with Crippen molar-refractivity contribution >= 4 is 5.91 Å². The molecule has 31 heavy (non-hydrogen) atoms. The van der Waals surface area contributed by atoms with Gasteiger partial charge in [-0.05, 0) is 25.0 Å². The van der Waals surface area contributed by atoms with Gasteiger partial charge in [-0.2, -0.15) is 13.2 Å². The standard InChI is InChI=1S/C22H25F3N4O2/c23-22(24,25)18-5-1-3-16(13-18)20-21(27-7-6-26-20)17-4-2-8-29(14-17)19(30)15-28-9-11-31-12-10-28/h1,3,5-7,13,17H,2,4,8-12,14-15H2/t17-/m1/s1. The van der Waals surface area contributed by atoms with Crippen LogP contribution in [0.4, 0.5) is 13.2 Å². The smallest absolute Gasteiger partial charge is 0.379 e. The van der Waals surface area contributed by atoms with Gasteiger partial charge < -0.3 is 9.64 Å². The second-order valence-electron chi connectivity index (χ2n) is 7.94. The zero-order valence-corrected chi connectivity index (χ0v) is 17.1. The highest BCUT2D eigenvalue weighted by Crippen LogP contribution is 2.35. The fraction of sp³-hybridized carbons (Fsp3) is 0.500. The van der Waals surface area contributed by atoms with Gasteiger partial charge in [0.25, 0.3) is 0 Å². The molecule has 0 saturated carbocycles. The molecule has 2 aliphatic rings. The van der Waals surface area contributed by atoms with E-state index in [-0.39, 0.29) is 11.8 Å². The molecule has 0 radical (unpaired) electrons. The molecule has 0 aliphatic carbocycles. The molecule has 166 valence electrons. The maximum Gasteiger partial charge on any atom is 0.416 e. The number of benzene rings is 1. The van der Waals surface area contributed by atoms with E-state index in [0.717, 1.165) is 38.1 Å². The van der Waals surface area contributed by atoms with E-state index in [9.17, 15) is 18.0 Å². The Kier molecular flexibility index (Phi) is 6.52. The van der Waals surface area contributed by atoms with Gasteiger partial charge in [-0.3, -0.25) is 19.7 Å². The third-order valence-corrected chi connectivity index (χ3v) is 5.81. The number of amides is 1. The summed E-state index contributed by atoms with van der Waals surface area (Å²) in [6, 6.07) is 5.16. The maximum absolute atomic E-state index is 13.2. The Labute approximate surface area is 179 Å². The molecule has 0 bridgehead atoms. The van der Waals surface area contributed by atoms with Crippen LogP contribution in [0.2, 0.25) is 0 Å². The molecular formula is C22H25F3N4O2. The minimum absolute atomic E-state index is 0.0658. The van der Waals surface area contributed by atoms with Crippen LogP contribution in [-0.4, -0.2) is 71.6 Å². The molecule has 3 heterocycles. The first-order valence-electron chi connectivity index (χ1n) is 10.5. The van der Waals surface area contributed by atoms with Gasteiger partial charge in [-0.15, -0.1) is 0 Å². The first kappa shape index (κ1) is 21.7. The molecule has 2 aromatic rings. The Morgan fingerprint density at radius 2 is 1.90 bits per heavy atom. The van der Waals surface area contributed by atoms with Crippen LogP contribution in [0.3, 0.4) is 0 Å². The molecule has 0 spiro atoms. The van der Waals surface area contributed by atoms with Crippen molar-refractivity contribution in [3.05, 3.63) is 47.9 Å². The fourth-order valence-electron chi connectivity index (χ4n) is 4.19. The topological polar surface area (TPSA) is 58.6 Å². The molecule has 6 nitrogen and oxygen atoms in total. The third-order valence-electron chi connectivity index (χ3n) is 5.81. The minimum atomic E-state index is -4.42. The van der Waals surface area contributed by atoms with Crippen molar-refractivity contribution in [1.82, 2.24) is 19.8 Å². The number of likely N-dealkylation sites (tertiary alicyclic amines) is 1. The number of ether oxygens (including phenoxy) is 1. The second kappa shape index (κ2) is 9.32. The van der Waals surface area contributed by atoms with Crippen LogP contribution in [0.25, 0.3) is 11.3 Å². The van der Waals surface area contributed by atoms with E-state index in [1.807, 2.05) is 4.90 Å². The van der Waals surface area contributed by atoms with E-state index in [1.54, 1.807) is 12.3 Å². The van der Waals surface area contributed by atoms with Crippen LogP contribution < -0.4 is 0 Å². The Morgan fingerprint density at radius 1 is 1.13 bits per heavy atom. The molecular weight excluding hydrogens is 409 g/mol. The molecule has 2 aliphatic heterocycles. The molecule has 1 amide bonds. The van der Waals surface area contributed by atoms with Gasteiger partial charge >= 0.3 is 6.18 Å². The zero-order valence-electron chi connectivity index (χ0n) is 17.1. The predicted octanol–water partition coefficient (Wildman–Crippen LogP) is 3.20. The highest BCUT2D eigenvalue weighted by molar-refractivity contribution is 5.78. The van der Waals surface area contributed by atoms with Gasteiger partial charge in [0.15, 0.2) is 0 Å². The number of nitrogens with zero attached hydrogens (tertiary/aromatic N) is 4. The van der Waals surface area contributed by atoms with Crippen LogP contribution in [0.15, 0.2) is 36.7 Å². The fourth-order valence-corrected chi connectivity index (χ4v) is 4.19. The molecule has 9 heteroatoms. The Morgan fingerprint density at radius 3 is 2.68 bits per heavy atom. The zero-order chi connectivity index (χ0) is 21.8. The number of aromatic nitrogens is 2. The molecule has 2 fully saturated rings. The van der Waals surface area contributed by atoms with Crippen molar-refractivity contribution in [1.29, 1.82) is 0 Å². The SMILES string of the molecule is O=C(CN1CCOCC1)N1CCC[C@@H](c2nccnc2-c2cccc(C(F)(F)F)c2)C1. The lowest BCUT2D eigenvalue weighted by Gasteiger charge is -2.35. The predicted molar refractivity (Wildman–Crippen MR) is 108 cm³/mol. The summed E-state index contributed by atoms with van der Waals surface area (Å²) >= 11 is 0. The highest BCUT2D eigenvalue weighted by Gasteiger charge is 2.32. The van der Waals surface area contributed by atoms with Crippen LogP contribution in [0, 0.1) is 0 Å². The van der Waals surface area contributed by atoms with E-state index in [1.165, 1.54) is 12.3 Å². The number of carbonyl (C=O) groups excluding carboxylic acids is 1. The first-order valence-corrected chi connectivity index (χ1v) is 10.5. The normalized spacial score (nSPS) is 20.6. The van der Waals surface area contributed by atoms with E-state index >= 15 is 0 Å². The summed E-state index contributed by atoms with van der Waals surface area (Å²) in [5.74, 6) is -0.00302. The molecule has 1 aromatic carbocycles. The van der Waals surface area contributed by atoms with E-state index < -0.39 is 11.7 Å². The minimum Gasteiger partial charge on any atom is -0.379 e. The average Bonchev–Trinajstić information content (AvgIpc) is 2.79. The van der Waals surface area contributed by atoms with E-state index in [4.69, 9.17) is 4.74 Å². The number of halogens is 3. The Balaban J connectivity index is 1.53. The third kappa shape index (κ3) is 5.22. The molecule has 1 atom stereocenters. The summed E-state index contributed by atoms with van der Waals surface area (Å²) in [5.41, 5.74) is 0.758. The van der Waals surface area contributed by atoms with Gasteiger partial charge in [-0.25, -0.2) is 0 Å². The molecule has 2 saturated heterocycles. The van der Waals surface area contributed by atoms with Gasteiger partial charge in [0.1, 0.15) is 0 Å². The van der Waals surface area contributed by atoms with Gasteiger partial charge in [0.2, 0.25) is 5.91 Å². The van der Waals surface area contributed by atoms with Crippen molar-refractivity contribution in [2.45, 2.75) is 24.9 Å². The van der Waals surface area contributed by atoms with E-state index in [2.05, 4.69) is 14.9 Å². The molecule has 4 rings (SSSR count). The molecule has 1 aromatic heterocycles. The van der Waals surface area contributed by atoms with Crippen LogP contribution in [0.5, 0.6) is 0 Å². The van der Waals surface area contributed by atoms with Gasteiger partial charge in [0, 0.05) is 50.1 Å². The number of rotatable bonds is 4.